The van der Waals surface area contributed by atoms with Crippen molar-refractivity contribution in [2.24, 2.45) is 0 Å². The van der Waals surface area contributed by atoms with Crippen LogP contribution in [0.5, 0.6) is 0 Å². The number of hydrogen-bond donors (Lipinski definition) is 1. The average molecular weight is 463 g/mol. The summed E-state index contributed by atoms with van der Waals surface area (Å²) >= 11 is 3.29. The fourth-order valence-corrected chi connectivity index (χ4v) is 5.25. The van der Waals surface area contributed by atoms with Gasteiger partial charge in [0.25, 0.3) is 0 Å². The van der Waals surface area contributed by atoms with Gasteiger partial charge in [-0.25, -0.2) is 13.4 Å². The second-order valence-corrected chi connectivity index (χ2v) is 9.69. The van der Waals surface area contributed by atoms with Crippen LogP contribution in [0.3, 0.4) is 0 Å². The Labute approximate surface area is 164 Å². The lowest BCUT2D eigenvalue weighted by molar-refractivity contribution is -0.137. The number of pyridine rings is 1. The first kappa shape index (κ1) is 20.1. The molecular formula is C18H18BrF3N2O2S. The van der Waals surface area contributed by atoms with Crippen LogP contribution >= 0.6 is 15.9 Å². The van der Waals surface area contributed by atoms with Crippen LogP contribution in [0.4, 0.5) is 19.0 Å². The normalized spacial score (nSPS) is 21.0. The highest BCUT2D eigenvalue weighted by Crippen LogP contribution is 2.32. The van der Waals surface area contributed by atoms with Gasteiger partial charge in [0.2, 0.25) is 0 Å². The maximum atomic E-state index is 12.7. The van der Waals surface area contributed by atoms with Crippen molar-refractivity contribution in [2.75, 3.05) is 5.32 Å². The van der Waals surface area contributed by atoms with Crippen molar-refractivity contribution in [3.63, 3.8) is 0 Å². The van der Waals surface area contributed by atoms with Gasteiger partial charge >= 0.3 is 6.18 Å². The first-order chi connectivity index (χ1) is 12.7. The number of hydrogen-bond acceptors (Lipinski definition) is 4. The molecule has 1 aliphatic carbocycles. The fourth-order valence-electron chi connectivity index (χ4n) is 3.19. The van der Waals surface area contributed by atoms with Gasteiger partial charge < -0.3 is 5.32 Å². The quantitative estimate of drug-likeness (QED) is 0.689. The zero-order valence-electron chi connectivity index (χ0n) is 14.2. The SMILES string of the molecule is O=S(=O)(c1ccc(Br)cc1)C1CCC(Nc2ccc(C(F)(F)F)cn2)CC1. The van der Waals surface area contributed by atoms with Crippen LogP contribution in [-0.2, 0) is 16.0 Å². The Morgan fingerprint density at radius 2 is 1.63 bits per heavy atom. The van der Waals surface area contributed by atoms with Crippen molar-refractivity contribution in [1.82, 2.24) is 4.98 Å². The lowest BCUT2D eigenvalue weighted by atomic mass is 9.95. The molecule has 1 heterocycles. The molecule has 0 saturated heterocycles. The molecule has 1 aliphatic rings. The highest BCUT2D eigenvalue weighted by molar-refractivity contribution is 9.10. The maximum Gasteiger partial charge on any atom is 0.417 e. The van der Waals surface area contributed by atoms with E-state index in [1.807, 2.05) is 0 Å². The molecule has 9 heteroatoms. The van der Waals surface area contributed by atoms with Crippen LogP contribution in [0, 0.1) is 0 Å². The Hall–Kier alpha value is -1.61. The van der Waals surface area contributed by atoms with E-state index >= 15 is 0 Å². The van der Waals surface area contributed by atoms with Crippen molar-refractivity contribution in [3.8, 4) is 0 Å². The number of nitrogens with zero attached hydrogens (tertiary/aromatic N) is 1. The summed E-state index contributed by atoms with van der Waals surface area (Å²) in [7, 11) is -3.39. The van der Waals surface area contributed by atoms with Crippen LogP contribution in [-0.4, -0.2) is 24.7 Å². The minimum absolute atomic E-state index is 0.00870. The molecule has 27 heavy (non-hydrogen) atoms. The average Bonchev–Trinajstić information content (AvgIpc) is 2.62. The summed E-state index contributed by atoms with van der Waals surface area (Å²) in [5.74, 6) is 0.363. The molecule has 0 aliphatic heterocycles. The van der Waals surface area contributed by atoms with Gasteiger partial charge in [0.1, 0.15) is 5.82 Å². The Balaban J connectivity index is 1.59. The van der Waals surface area contributed by atoms with E-state index in [1.54, 1.807) is 24.3 Å². The first-order valence-electron chi connectivity index (χ1n) is 8.45. The summed E-state index contributed by atoms with van der Waals surface area (Å²) in [5.41, 5.74) is -0.794. The Morgan fingerprint density at radius 1 is 1.00 bits per heavy atom. The number of sulfone groups is 1. The monoisotopic (exact) mass is 462 g/mol. The van der Waals surface area contributed by atoms with Gasteiger partial charge in [0.05, 0.1) is 15.7 Å². The maximum absolute atomic E-state index is 12.7. The lowest BCUT2D eigenvalue weighted by Gasteiger charge is -2.29. The molecular weight excluding hydrogens is 445 g/mol. The number of benzene rings is 1. The van der Waals surface area contributed by atoms with E-state index in [0.29, 0.717) is 36.4 Å². The number of halogens is 4. The Bertz CT molecular complexity index is 876. The number of nitrogens with one attached hydrogen (secondary N) is 1. The van der Waals surface area contributed by atoms with Gasteiger partial charge in [0, 0.05) is 16.7 Å². The van der Waals surface area contributed by atoms with E-state index in [2.05, 4.69) is 26.2 Å². The minimum atomic E-state index is -4.41. The topological polar surface area (TPSA) is 59.1 Å². The van der Waals surface area contributed by atoms with Crippen molar-refractivity contribution >= 4 is 31.6 Å². The molecule has 1 fully saturated rings. The van der Waals surface area contributed by atoms with Crippen LogP contribution < -0.4 is 5.32 Å². The highest BCUT2D eigenvalue weighted by atomic mass is 79.9. The van der Waals surface area contributed by atoms with Gasteiger partial charge in [-0.3, -0.25) is 0 Å². The number of anilines is 1. The van der Waals surface area contributed by atoms with E-state index in [4.69, 9.17) is 0 Å². The van der Waals surface area contributed by atoms with E-state index in [1.165, 1.54) is 6.07 Å². The smallest absolute Gasteiger partial charge is 0.367 e. The molecule has 0 bridgehead atoms. The molecule has 146 valence electrons. The second-order valence-electron chi connectivity index (χ2n) is 6.55. The Morgan fingerprint density at radius 3 is 2.15 bits per heavy atom. The zero-order chi connectivity index (χ0) is 19.7. The van der Waals surface area contributed by atoms with Crippen molar-refractivity contribution < 1.29 is 21.6 Å². The number of aromatic nitrogens is 1. The zero-order valence-corrected chi connectivity index (χ0v) is 16.6. The minimum Gasteiger partial charge on any atom is -0.367 e. The second kappa shape index (κ2) is 7.79. The molecule has 2 aromatic rings. The summed E-state index contributed by atoms with van der Waals surface area (Å²) in [6.45, 7) is 0. The van der Waals surface area contributed by atoms with E-state index in [0.717, 1.165) is 16.7 Å². The number of alkyl halides is 3. The van der Waals surface area contributed by atoms with E-state index < -0.39 is 26.8 Å². The largest absolute Gasteiger partial charge is 0.417 e. The van der Waals surface area contributed by atoms with Gasteiger partial charge in [0.15, 0.2) is 9.84 Å². The molecule has 1 saturated carbocycles. The molecule has 1 N–H and O–H groups in total. The van der Waals surface area contributed by atoms with Gasteiger partial charge in [-0.1, -0.05) is 15.9 Å². The van der Waals surface area contributed by atoms with Gasteiger partial charge in [-0.15, -0.1) is 0 Å². The molecule has 1 aromatic carbocycles. The van der Waals surface area contributed by atoms with Gasteiger partial charge in [-0.05, 0) is 62.1 Å². The van der Waals surface area contributed by atoms with E-state index in [-0.39, 0.29) is 6.04 Å². The van der Waals surface area contributed by atoms with E-state index in [9.17, 15) is 21.6 Å². The van der Waals surface area contributed by atoms with Crippen LogP contribution in [0.1, 0.15) is 31.2 Å². The summed E-state index contributed by atoms with van der Waals surface area (Å²) in [4.78, 5) is 4.12. The third kappa shape index (κ3) is 4.82. The van der Waals surface area contributed by atoms with Crippen LogP contribution in [0.2, 0.25) is 0 Å². The lowest BCUT2D eigenvalue weighted by Crippen LogP contribution is -2.33. The molecule has 4 nitrogen and oxygen atoms in total. The third-order valence-electron chi connectivity index (χ3n) is 4.70. The van der Waals surface area contributed by atoms with Crippen molar-refractivity contribution in [2.45, 2.75) is 48.0 Å². The molecule has 0 atom stereocenters. The standard InChI is InChI=1S/C18H18BrF3N2O2S/c19-13-2-6-15(7-3-13)27(25,26)16-8-4-14(5-9-16)24-17-10-1-12(11-23-17)18(20,21)22/h1-3,6-7,10-11,14,16H,4-5,8-9H2,(H,23,24). The Kier molecular flexibility index (Phi) is 5.81. The molecule has 0 spiro atoms. The summed E-state index contributed by atoms with van der Waals surface area (Å²) in [5, 5.41) is 2.65. The molecule has 3 rings (SSSR count). The molecule has 0 unspecified atom stereocenters. The highest BCUT2D eigenvalue weighted by Gasteiger charge is 2.33. The predicted octanol–water partition coefficient (Wildman–Crippen LogP) is 5.06. The molecule has 0 amide bonds. The third-order valence-corrected chi connectivity index (χ3v) is 7.50. The summed E-state index contributed by atoms with van der Waals surface area (Å²) in [6.07, 6.45) is -1.39. The van der Waals surface area contributed by atoms with Gasteiger partial charge in [-0.2, -0.15) is 13.2 Å². The predicted molar refractivity (Wildman–Crippen MR) is 100 cm³/mol. The van der Waals surface area contributed by atoms with Crippen molar-refractivity contribution in [3.05, 3.63) is 52.6 Å². The van der Waals surface area contributed by atoms with Crippen LogP contribution in [0.15, 0.2) is 52.0 Å². The van der Waals surface area contributed by atoms with Crippen molar-refractivity contribution in [1.29, 1.82) is 0 Å². The van der Waals surface area contributed by atoms with Crippen LogP contribution in [0.25, 0.3) is 0 Å². The first-order valence-corrected chi connectivity index (χ1v) is 10.8. The molecule has 1 aromatic heterocycles. The fraction of sp³-hybridized carbons (Fsp3) is 0.389. The summed E-state index contributed by atoms with van der Waals surface area (Å²) in [6, 6.07) is 8.87. The number of rotatable bonds is 4. The summed E-state index contributed by atoms with van der Waals surface area (Å²) < 4.78 is 64.0. The molecule has 0 radical (unpaired) electrons.